The first-order valence-electron chi connectivity index (χ1n) is 4.75. The molecule has 0 aromatic heterocycles. The number of benzene rings is 1. The van der Waals surface area contributed by atoms with Gasteiger partial charge in [0.2, 0.25) is 0 Å². The van der Waals surface area contributed by atoms with E-state index in [9.17, 15) is 14.5 Å². The van der Waals surface area contributed by atoms with Gasteiger partial charge in [0, 0.05) is 5.69 Å². The van der Waals surface area contributed by atoms with E-state index in [2.05, 4.69) is 5.18 Å². The predicted molar refractivity (Wildman–Crippen MR) is 64.6 cm³/mol. The van der Waals surface area contributed by atoms with Crippen LogP contribution < -0.4 is 5.73 Å². The quantitative estimate of drug-likeness (QED) is 0.453. The number of nitroso groups, excluding NO2 is 1. The lowest BCUT2D eigenvalue weighted by molar-refractivity contribution is -0.113. The standard InChI is InChI=1S/C6H6N2O.C6H4O2/c7-5-1-3-6(8-9)4-2-5;7-5-1-2-6(8)4-3-5/h1-4H,7H2;1-4H. The molecular weight excluding hydrogens is 220 g/mol. The Labute approximate surface area is 97.6 Å². The summed E-state index contributed by atoms with van der Waals surface area (Å²) >= 11 is 0. The molecule has 5 nitrogen and oxygen atoms in total. The van der Waals surface area contributed by atoms with E-state index in [1.807, 2.05) is 0 Å². The second-order valence-electron chi connectivity index (χ2n) is 3.15. The molecule has 2 N–H and O–H groups in total. The van der Waals surface area contributed by atoms with Gasteiger partial charge in [-0.3, -0.25) is 9.59 Å². The highest BCUT2D eigenvalue weighted by Gasteiger charge is 1.97. The summed E-state index contributed by atoms with van der Waals surface area (Å²) in [7, 11) is 0. The van der Waals surface area contributed by atoms with Crippen molar-refractivity contribution < 1.29 is 9.59 Å². The smallest absolute Gasteiger partial charge is 0.178 e. The fraction of sp³-hybridized carbons (Fsp3) is 0. The highest BCUT2D eigenvalue weighted by Crippen LogP contribution is 2.12. The Balaban J connectivity index is 0.000000171. The Morgan fingerprint density at radius 2 is 1.24 bits per heavy atom. The molecule has 0 bridgehead atoms. The SMILES string of the molecule is Nc1ccc(N=O)cc1.O=C1C=CC(=O)C=C1. The van der Waals surface area contributed by atoms with Gasteiger partial charge < -0.3 is 5.73 Å². The summed E-state index contributed by atoms with van der Waals surface area (Å²) in [5.74, 6) is -0.241. The summed E-state index contributed by atoms with van der Waals surface area (Å²) in [5, 5.41) is 2.71. The number of carbonyl (C=O) groups excluding carboxylic acids is 2. The highest BCUT2D eigenvalue weighted by atomic mass is 16.3. The van der Waals surface area contributed by atoms with Crippen LogP contribution in [0.1, 0.15) is 0 Å². The van der Waals surface area contributed by atoms with Gasteiger partial charge >= 0.3 is 0 Å². The van der Waals surface area contributed by atoms with Crippen molar-refractivity contribution in [2.45, 2.75) is 0 Å². The van der Waals surface area contributed by atoms with E-state index in [0.29, 0.717) is 11.4 Å². The number of anilines is 1. The minimum Gasteiger partial charge on any atom is -0.399 e. The molecule has 0 saturated carbocycles. The van der Waals surface area contributed by atoms with Crippen molar-refractivity contribution in [1.29, 1.82) is 0 Å². The van der Waals surface area contributed by atoms with Crippen molar-refractivity contribution in [3.8, 4) is 0 Å². The second-order valence-corrected chi connectivity index (χ2v) is 3.15. The third-order valence-corrected chi connectivity index (χ3v) is 1.82. The Bertz CT molecular complexity index is 449. The van der Waals surface area contributed by atoms with E-state index in [-0.39, 0.29) is 11.6 Å². The van der Waals surface area contributed by atoms with Crippen molar-refractivity contribution in [3.05, 3.63) is 53.5 Å². The number of carbonyl (C=O) groups is 2. The van der Waals surface area contributed by atoms with Gasteiger partial charge in [-0.2, -0.15) is 0 Å². The molecule has 86 valence electrons. The molecule has 1 aromatic carbocycles. The number of rotatable bonds is 1. The van der Waals surface area contributed by atoms with Crippen LogP contribution in [0.15, 0.2) is 53.7 Å². The van der Waals surface area contributed by atoms with Gasteiger partial charge in [0.05, 0.1) is 0 Å². The lowest BCUT2D eigenvalue weighted by atomic mass is 10.2. The molecule has 0 heterocycles. The lowest BCUT2D eigenvalue weighted by Gasteiger charge is -1.88. The number of hydrogen-bond acceptors (Lipinski definition) is 5. The Kier molecular flexibility index (Phi) is 4.50. The van der Waals surface area contributed by atoms with E-state index < -0.39 is 0 Å². The van der Waals surface area contributed by atoms with Gasteiger partial charge in [0.15, 0.2) is 11.6 Å². The lowest BCUT2D eigenvalue weighted by Crippen LogP contribution is -1.97. The van der Waals surface area contributed by atoms with Crippen LogP contribution in [-0.4, -0.2) is 11.6 Å². The summed E-state index contributed by atoms with van der Waals surface area (Å²) < 4.78 is 0. The van der Waals surface area contributed by atoms with Crippen molar-refractivity contribution in [1.82, 2.24) is 0 Å². The first-order chi connectivity index (χ1) is 8.11. The summed E-state index contributed by atoms with van der Waals surface area (Å²) in [5.41, 5.74) is 6.39. The average Bonchev–Trinajstić information content (AvgIpc) is 2.35. The fourth-order valence-corrected chi connectivity index (χ4v) is 0.975. The van der Waals surface area contributed by atoms with Crippen LogP contribution in [0, 0.1) is 4.91 Å². The van der Waals surface area contributed by atoms with Crippen LogP contribution in [0.3, 0.4) is 0 Å². The molecule has 0 fully saturated rings. The van der Waals surface area contributed by atoms with E-state index in [0.717, 1.165) is 0 Å². The molecular formula is C12H10N2O3. The number of hydrogen-bond donors (Lipinski definition) is 1. The van der Waals surface area contributed by atoms with E-state index in [1.165, 1.54) is 24.3 Å². The molecule has 5 heteroatoms. The third-order valence-electron chi connectivity index (χ3n) is 1.82. The molecule has 0 aliphatic heterocycles. The summed E-state index contributed by atoms with van der Waals surface area (Å²) in [6.07, 6.45) is 5.01. The van der Waals surface area contributed by atoms with Crippen LogP contribution >= 0.6 is 0 Å². The average molecular weight is 230 g/mol. The van der Waals surface area contributed by atoms with Gasteiger partial charge in [-0.15, -0.1) is 4.91 Å². The second kappa shape index (κ2) is 6.12. The van der Waals surface area contributed by atoms with Gasteiger partial charge in [0.25, 0.3) is 0 Å². The number of allylic oxidation sites excluding steroid dienone is 4. The van der Waals surface area contributed by atoms with Crippen molar-refractivity contribution in [2.75, 3.05) is 5.73 Å². The molecule has 0 unspecified atom stereocenters. The van der Waals surface area contributed by atoms with Crippen molar-refractivity contribution in [3.63, 3.8) is 0 Å². The van der Waals surface area contributed by atoms with E-state index >= 15 is 0 Å². The summed E-state index contributed by atoms with van der Waals surface area (Å²) in [6, 6.07) is 6.41. The topological polar surface area (TPSA) is 89.6 Å². The molecule has 1 aliphatic rings. The predicted octanol–water partition coefficient (Wildman–Crippen LogP) is 1.92. The fourth-order valence-electron chi connectivity index (χ4n) is 0.975. The maximum atomic E-state index is 10.3. The van der Waals surface area contributed by atoms with E-state index in [1.54, 1.807) is 24.3 Å². The zero-order chi connectivity index (χ0) is 12.7. The largest absolute Gasteiger partial charge is 0.399 e. The maximum absolute atomic E-state index is 10.3. The Morgan fingerprint density at radius 1 is 0.824 bits per heavy atom. The summed E-state index contributed by atoms with van der Waals surface area (Å²) in [6.45, 7) is 0. The monoisotopic (exact) mass is 230 g/mol. The van der Waals surface area contributed by atoms with Gasteiger partial charge in [-0.05, 0) is 53.7 Å². The number of nitrogen functional groups attached to an aromatic ring is 1. The van der Waals surface area contributed by atoms with Gasteiger partial charge in [-0.1, -0.05) is 0 Å². The number of nitrogens with zero attached hydrogens (tertiary/aromatic N) is 1. The highest BCUT2D eigenvalue weighted by molar-refractivity contribution is 6.14. The molecule has 1 aromatic rings. The minimum atomic E-state index is -0.121. The molecule has 17 heavy (non-hydrogen) atoms. The van der Waals surface area contributed by atoms with Crippen LogP contribution in [0.2, 0.25) is 0 Å². The van der Waals surface area contributed by atoms with Crippen LogP contribution in [0.5, 0.6) is 0 Å². The van der Waals surface area contributed by atoms with Crippen molar-refractivity contribution in [2.24, 2.45) is 5.18 Å². The molecule has 0 radical (unpaired) electrons. The van der Waals surface area contributed by atoms with E-state index in [4.69, 9.17) is 5.73 Å². The normalized spacial score (nSPS) is 12.9. The van der Waals surface area contributed by atoms with Crippen molar-refractivity contribution >= 4 is 22.9 Å². The first kappa shape index (κ1) is 12.5. The van der Waals surface area contributed by atoms with Crippen LogP contribution in [-0.2, 0) is 9.59 Å². The first-order valence-corrected chi connectivity index (χ1v) is 4.75. The third kappa shape index (κ3) is 4.65. The molecule has 2 rings (SSSR count). The molecule has 0 amide bonds. The zero-order valence-corrected chi connectivity index (χ0v) is 8.87. The minimum absolute atomic E-state index is 0.121. The molecule has 1 aliphatic carbocycles. The zero-order valence-electron chi connectivity index (χ0n) is 8.87. The van der Waals surface area contributed by atoms with Gasteiger partial charge in [-0.25, -0.2) is 0 Å². The number of ketones is 2. The molecule has 0 spiro atoms. The molecule has 0 atom stereocenters. The summed E-state index contributed by atoms with van der Waals surface area (Å²) in [4.78, 5) is 30.4. The van der Waals surface area contributed by atoms with Gasteiger partial charge in [0.1, 0.15) is 5.69 Å². The van der Waals surface area contributed by atoms with Crippen LogP contribution in [0.4, 0.5) is 11.4 Å². The molecule has 0 saturated heterocycles. The Morgan fingerprint density at radius 3 is 1.59 bits per heavy atom. The Hall–Kier alpha value is -2.56. The number of nitrogens with two attached hydrogens (primary N) is 1. The van der Waals surface area contributed by atoms with Crippen LogP contribution in [0.25, 0.3) is 0 Å². The maximum Gasteiger partial charge on any atom is 0.178 e.